The maximum atomic E-state index is 11.9. The number of fused-ring (bicyclic) bond motifs is 1. The lowest BCUT2D eigenvalue weighted by atomic mass is 9.99. The average Bonchev–Trinajstić information content (AvgIpc) is 2.71. The van der Waals surface area contributed by atoms with Crippen LogP contribution in [-0.2, 0) is 9.53 Å². The van der Waals surface area contributed by atoms with E-state index in [2.05, 4.69) is 10.2 Å². The minimum absolute atomic E-state index is 0.358. The first kappa shape index (κ1) is 13.8. The van der Waals surface area contributed by atoms with Gasteiger partial charge < -0.3 is 15.0 Å². The highest BCUT2D eigenvalue weighted by Gasteiger charge is 2.40. The Morgan fingerprint density at radius 2 is 2.22 bits per heavy atom. The van der Waals surface area contributed by atoms with Crippen molar-refractivity contribution in [3.05, 3.63) is 0 Å². The molecule has 0 spiro atoms. The topological polar surface area (TPSA) is 41.6 Å². The van der Waals surface area contributed by atoms with Crippen molar-refractivity contribution >= 4 is 5.91 Å². The normalized spacial score (nSPS) is 27.6. The minimum atomic E-state index is 0.358. The van der Waals surface area contributed by atoms with Gasteiger partial charge in [-0.05, 0) is 45.1 Å². The van der Waals surface area contributed by atoms with E-state index in [-0.39, 0.29) is 0 Å². The van der Waals surface area contributed by atoms with Crippen molar-refractivity contribution in [2.24, 2.45) is 0 Å². The molecular weight excluding hydrogens is 228 g/mol. The number of piperidine rings is 1. The molecular formula is C14H26N2O2. The van der Waals surface area contributed by atoms with Crippen LogP contribution in [0.1, 0.15) is 44.9 Å². The number of nitrogens with zero attached hydrogens (tertiary/aromatic N) is 1. The standard InChI is InChI=1S/C14H26N2O2/c1-18-10-6-2-4-8-15-12-11-14(17)16-9-5-3-7-13(12)16/h12-13,15H,2-11H2,1H3. The number of carbonyl (C=O) groups is 1. The van der Waals surface area contributed by atoms with Crippen molar-refractivity contribution in [3.63, 3.8) is 0 Å². The van der Waals surface area contributed by atoms with E-state index in [0.29, 0.717) is 24.4 Å². The Balaban J connectivity index is 1.65. The summed E-state index contributed by atoms with van der Waals surface area (Å²) in [6.07, 6.45) is 7.89. The van der Waals surface area contributed by atoms with E-state index in [4.69, 9.17) is 4.74 Å². The van der Waals surface area contributed by atoms with Gasteiger partial charge in [0, 0.05) is 38.8 Å². The molecule has 2 heterocycles. The number of hydrogen-bond donors (Lipinski definition) is 1. The summed E-state index contributed by atoms with van der Waals surface area (Å²) in [6.45, 7) is 2.87. The molecule has 2 unspecified atom stereocenters. The monoisotopic (exact) mass is 254 g/mol. The summed E-state index contributed by atoms with van der Waals surface area (Å²) in [4.78, 5) is 14.0. The lowest BCUT2D eigenvalue weighted by Gasteiger charge is -2.32. The Morgan fingerprint density at radius 1 is 1.33 bits per heavy atom. The molecule has 2 atom stereocenters. The van der Waals surface area contributed by atoms with Crippen molar-refractivity contribution < 1.29 is 9.53 Å². The summed E-state index contributed by atoms with van der Waals surface area (Å²) >= 11 is 0. The van der Waals surface area contributed by atoms with Gasteiger partial charge in [0.05, 0.1) is 0 Å². The molecule has 104 valence electrons. The van der Waals surface area contributed by atoms with Crippen LogP contribution in [0.4, 0.5) is 0 Å². The molecule has 18 heavy (non-hydrogen) atoms. The molecule has 4 heteroatoms. The van der Waals surface area contributed by atoms with E-state index in [1.54, 1.807) is 7.11 Å². The number of rotatable bonds is 7. The lowest BCUT2D eigenvalue weighted by molar-refractivity contribution is -0.129. The lowest BCUT2D eigenvalue weighted by Crippen LogP contribution is -2.45. The van der Waals surface area contributed by atoms with Crippen LogP contribution in [0.5, 0.6) is 0 Å². The zero-order chi connectivity index (χ0) is 12.8. The van der Waals surface area contributed by atoms with Gasteiger partial charge in [-0.2, -0.15) is 0 Å². The van der Waals surface area contributed by atoms with Gasteiger partial charge in [-0.1, -0.05) is 0 Å². The van der Waals surface area contributed by atoms with Crippen LogP contribution in [0.2, 0.25) is 0 Å². The maximum absolute atomic E-state index is 11.9. The van der Waals surface area contributed by atoms with Gasteiger partial charge in [-0.25, -0.2) is 0 Å². The smallest absolute Gasteiger partial charge is 0.224 e. The van der Waals surface area contributed by atoms with Crippen LogP contribution in [0.15, 0.2) is 0 Å². The third-order valence-electron chi connectivity index (χ3n) is 4.16. The molecule has 2 rings (SSSR count). The molecule has 2 saturated heterocycles. The summed E-state index contributed by atoms with van der Waals surface area (Å²) < 4.78 is 5.03. The van der Waals surface area contributed by atoms with Crippen LogP contribution < -0.4 is 5.32 Å². The number of carbonyl (C=O) groups excluding carboxylic acids is 1. The number of ether oxygens (including phenoxy) is 1. The third-order valence-corrected chi connectivity index (χ3v) is 4.16. The molecule has 0 aliphatic carbocycles. The molecule has 2 aliphatic rings. The highest BCUT2D eigenvalue weighted by Crippen LogP contribution is 2.28. The Morgan fingerprint density at radius 3 is 3.06 bits per heavy atom. The van der Waals surface area contributed by atoms with Crippen LogP contribution in [-0.4, -0.2) is 49.7 Å². The number of methoxy groups -OCH3 is 1. The van der Waals surface area contributed by atoms with Crippen molar-refractivity contribution in [1.82, 2.24) is 10.2 Å². The highest BCUT2D eigenvalue weighted by atomic mass is 16.5. The van der Waals surface area contributed by atoms with E-state index in [9.17, 15) is 4.79 Å². The van der Waals surface area contributed by atoms with Gasteiger partial charge in [0.2, 0.25) is 5.91 Å². The second-order valence-corrected chi connectivity index (χ2v) is 5.47. The number of unbranched alkanes of at least 4 members (excludes halogenated alkanes) is 2. The average molecular weight is 254 g/mol. The summed E-state index contributed by atoms with van der Waals surface area (Å²) in [5.74, 6) is 0.358. The molecule has 0 saturated carbocycles. The van der Waals surface area contributed by atoms with Crippen LogP contribution in [0.3, 0.4) is 0 Å². The van der Waals surface area contributed by atoms with E-state index in [0.717, 1.165) is 26.1 Å². The summed E-state index contributed by atoms with van der Waals surface area (Å²) in [6, 6.07) is 0.880. The van der Waals surface area contributed by atoms with Crippen LogP contribution >= 0.6 is 0 Å². The third kappa shape index (κ3) is 3.45. The fourth-order valence-electron chi connectivity index (χ4n) is 3.17. The SMILES string of the molecule is COCCCCCNC1CC(=O)N2CCCCC12. The summed E-state index contributed by atoms with van der Waals surface area (Å²) in [5.41, 5.74) is 0. The zero-order valence-electron chi connectivity index (χ0n) is 11.5. The molecule has 1 N–H and O–H groups in total. The summed E-state index contributed by atoms with van der Waals surface area (Å²) in [5, 5.41) is 3.58. The van der Waals surface area contributed by atoms with Gasteiger partial charge in [-0.15, -0.1) is 0 Å². The second kappa shape index (κ2) is 7.10. The highest BCUT2D eigenvalue weighted by molar-refractivity contribution is 5.80. The van der Waals surface area contributed by atoms with Gasteiger partial charge in [-0.3, -0.25) is 4.79 Å². The molecule has 2 aliphatic heterocycles. The fraction of sp³-hybridized carbons (Fsp3) is 0.929. The van der Waals surface area contributed by atoms with E-state index in [1.165, 1.54) is 32.1 Å². The first-order chi connectivity index (χ1) is 8.83. The number of nitrogens with one attached hydrogen (secondary N) is 1. The first-order valence-corrected chi connectivity index (χ1v) is 7.34. The minimum Gasteiger partial charge on any atom is -0.385 e. The van der Waals surface area contributed by atoms with Crippen molar-refractivity contribution in [2.45, 2.75) is 57.0 Å². The fourth-order valence-corrected chi connectivity index (χ4v) is 3.17. The predicted octanol–water partition coefficient (Wildman–Crippen LogP) is 1.55. The second-order valence-electron chi connectivity index (χ2n) is 5.47. The van der Waals surface area contributed by atoms with Gasteiger partial charge >= 0.3 is 0 Å². The molecule has 0 aromatic rings. The predicted molar refractivity (Wildman–Crippen MR) is 71.5 cm³/mol. The van der Waals surface area contributed by atoms with Crippen molar-refractivity contribution in [3.8, 4) is 0 Å². The molecule has 0 bridgehead atoms. The Bertz CT molecular complexity index is 271. The maximum Gasteiger partial charge on any atom is 0.224 e. The van der Waals surface area contributed by atoms with E-state index < -0.39 is 0 Å². The van der Waals surface area contributed by atoms with Gasteiger partial charge in [0.25, 0.3) is 0 Å². The van der Waals surface area contributed by atoms with Crippen molar-refractivity contribution in [2.75, 3.05) is 26.8 Å². The Labute approximate surface area is 110 Å². The molecule has 0 aromatic heterocycles. The molecule has 4 nitrogen and oxygen atoms in total. The summed E-state index contributed by atoms with van der Waals surface area (Å²) in [7, 11) is 1.75. The van der Waals surface area contributed by atoms with Crippen molar-refractivity contribution in [1.29, 1.82) is 0 Å². The van der Waals surface area contributed by atoms with E-state index in [1.807, 2.05) is 0 Å². The number of amides is 1. The van der Waals surface area contributed by atoms with Crippen LogP contribution in [0, 0.1) is 0 Å². The van der Waals surface area contributed by atoms with E-state index >= 15 is 0 Å². The van der Waals surface area contributed by atoms with Gasteiger partial charge in [0.1, 0.15) is 0 Å². The quantitative estimate of drug-likeness (QED) is 0.701. The molecule has 0 aromatic carbocycles. The Hall–Kier alpha value is -0.610. The van der Waals surface area contributed by atoms with Gasteiger partial charge in [0.15, 0.2) is 0 Å². The molecule has 0 radical (unpaired) electrons. The zero-order valence-corrected chi connectivity index (χ0v) is 11.5. The van der Waals surface area contributed by atoms with Crippen LogP contribution in [0.25, 0.3) is 0 Å². The Kier molecular flexibility index (Phi) is 5.45. The molecule has 2 fully saturated rings. The largest absolute Gasteiger partial charge is 0.385 e. The molecule has 1 amide bonds. The first-order valence-electron chi connectivity index (χ1n) is 7.34. The number of hydrogen-bond acceptors (Lipinski definition) is 3.